The van der Waals surface area contributed by atoms with Gasteiger partial charge in [0.1, 0.15) is 24.5 Å². The number of esters is 1. The minimum Gasteiger partial charge on any atom is -0.493 e. The molecular formula is C23H17FN4O3. The quantitative estimate of drug-likeness (QED) is 0.513. The Morgan fingerprint density at radius 1 is 1.10 bits per heavy atom. The average molecular weight is 416 g/mol. The summed E-state index contributed by atoms with van der Waals surface area (Å²) in [6, 6.07) is 10.8. The second-order valence-electron chi connectivity index (χ2n) is 7.50. The Bertz CT molecular complexity index is 1360. The molecule has 0 fully saturated rings. The molecule has 0 radical (unpaired) electrons. The monoisotopic (exact) mass is 416 g/mol. The van der Waals surface area contributed by atoms with Gasteiger partial charge in [0.25, 0.3) is 0 Å². The van der Waals surface area contributed by atoms with Crippen LogP contribution < -0.4 is 10.1 Å². The number of halogens is 1. The van der Waals surface area contributed by atoms with E-state index in [0.717, 1.165) is 28.0 Å². The molecule has 154 valence electrons. The van der Waals surface area contributed by atoms with Gasteiger partial charge in [-0.3, -0.25) is 4.40 Å². The molecule has 2 aliphatic heterocycles. The van der Waals surface area contributed by atoms with Crippen LogP contribution in [0.5, 0.6) is 5.75 Å². The lowest BCUT2D eigenvalue weighted by molar-refractivity contribution is 0.0468. The molecule has 2 aliphatic rings. The summed E-state index contributed by atoms with van der Waals surface area (Å²) < 4.78 is 27.2. The van der Waals surface area contributed by atoms with Crippen molar-refractivity contribution in [1.29, 1.82) is 0 Å². The Morgan fingerprint density at radius 3 is 2.94 bits per heavy atom. The molecule has 8 heteroatoms. The van der Waals surface area contributed by atoms with Crippen LogP contribution in [0.25, 0.3) is 16.6 Å². The van der Waals surface area contributed by atoms with Crippen LogP contribution in [0, 0.1) is 5.82 Å². The van der Waals surface area contributed by atoms with Crippen LogP contribution in [0.4, 0.5) is 10.3 Å². The summed E-state index contributed by atoms with van der Waals surface area (Å²) in [4.78, 5) is 21.4. The van der Waals surface area contributed by atoms with Crippen molar-refractivity contribution in [2.45, 2.75) is 19.6 Å². The van der Waals surface area contributed by atoms with Crippen LogP contribution in [-0.4, -0.2) is 26.9 Å². The maximum Gasteiger partial charge on any atom is 0.359 e. The number of nitrogens with zero attached hydrogens (tertiary/aromatic N) is 3. The van der Waals surface area contributed by atoms with Crippen molar-refractivity contribution in [3.8, 4) is 16.9 Å². The molecule has 4 aromatic rings. The van der Waals surface area contributed by atoms with Crippen LogP contribution in [0.3, 0.4) is 0 Å². The van der Waals surface area contributed by atoms with E-state index in [4.69, 9.17) is 9.47 Å². The van der Waals surface area contributed by atoms with Gasteiger partial charge < -0.3 is 14.8 Å². The van der Waals surface area contributed by atoms with Gasteiger partial charge in [0.05, 0.1) is 12.1 Å². The van der Waals surface area contributed by atoms with Gasteiger partial charge in [-0.25, -0.2) is 19.2 Å². The van der Waals surface area contributed by atoms with Gasteiger partial charge in [0.2, 0.25) is 5.95 Å². The summed E-state index contributed by atoms with van der Waals surface area (Å²) in [6.45, 7) is 0.956. The molecule has 0 unspecified atom stereocenters. The first kappa shape index (κ1) is 17.9. The third kappa shape index (κ3) is 2.75. The molecule has 0 atom stereocenters. The topological polar surface area (TPSA) is 77.8 Å². The zero-order valence-electron chi connectivity index (χ0n) is 16.4. The Labute approximate surface area is 176 Å². The molecule has 31 heavy (non-hydrogen) atoms. The van der Waals surface area contributed by atoms with Crippen molar-refractivity contribution in [2.24, 2.45) is 0 Å². The molecular weight excluding hydrogens is 399 g/mol. The van der Waals surface area contributed by atoms with Crippen LogP contribution >= 0.6 is 0 Å². The summed E-state index contributed by atoms with van der Waals surface area (Å²) in [5, 5.41) is 3.20. The van der Waals surface area contributed by atoms with Crippen LogP contribution in [0.15, 0.2) is 48.9 Å². The van der Waals surface area contributed by atoms with Crippen molar-refractivity contribution < 1.29 is 18.7 Å². The third-order valence-corrected chi connectivity index (χ3v) is 5.79. The first-order valence-electron chi connectivity index (χ1n) is 9.99. The number of ether oxygens (including phenoxy) is 2. The summed E-state index contributed by atoms with van der Waals surface area (Å²) in [5.74, 6) is 0.402. The highest BCUT2D eigenvalue weighted by Crippen LogP contribution is 2.34. The molecule has 0 spiro atoms. The van der Waals surface area contributed by atoms with E-state index in [1.807, 2.05) is 24.3 Å². The largest absolute Gasteiger partial charge is 0.493 e. The minimum absolute atomic E-state index is 0.175. The number of nitrogens with one attached hydrogen (secondary N) is 1. The van der Waals surface area contributed by atoms with Gasteiger partial charge in [0, 0.05) is 35.9 Å². The van der Waals surface area contributed by atoms with E-state index in [1.165, 1.54) is 12.4 Å². The van der Waals surface area contributed by atoms with E-state index < -0.39 is 5.97 Å². The lowest BCUT2D eigenvalue weighted by atomic mass is 9.99. The number of fused-ring (bicyclic) bond motifs is 3. The van der Waals surface area contributed by atoms with Gasteiger partial charge in [-0.05, 0) is 23.3 Å². The van der Waals surface area contributed by atoms with Crippen LogP contribution in [0.1, 0.15) is 27.2 Å². The normalized spacial score (nSPS) is 14.3. The maximum atomic E-state index is 14.5. The number of anilines is 1. The fraction of sp³-hybridized carbons (Fsp3) is 0.174. The van der Waals surface area contributed by atoms with Crippen molar-refractivity contribution in [1.82, 2.24) is 14.4 Å². The molecule has 0 amide bonds. The Balaban J connectivity index is 1.45. The Morgan fingerprint density at radius 2 is 2.00 bits per heavy atom. The third-order valence-electron chi connectivity index (χ3n) is 5.79. The second kappa shape index (κ2) is 6.80. The number of carbonyl (C=O) groups is 1. The van der Waals surface area contributed by atoms with E-state index in [1.54, 1.807) is 16.7 Å². The van der Waals surface area contributed by atoms with E-state index in [0.29, 0.717) is 30.1 Å². The Hall–Kier alpha value is -3.94. The van der Waals surface area contributed by atoms with Crippen molar-refractivity contribution in [3.05, 3.63) is 77.1 Å². The summed E-state index contributed by atoms with van der Waals surface area (Å²) in [7, 11) is 0. The predicted molar refractivity (Wildman–Crippen MR) is 110 cm³/mol. The molecule has 6 rings (SSSR count). The maximum absolute atomic E-state index is 14.5. The number of hydrogen-bond donors (Lipinski definition) is 1. The number of imidazole rings is 1. The Kier molecular flexibility index (Phi) is 3.92. The van der Waals surface area contributed by atoms with E-state index in [9.17, 15) is 9.18 Å². The van der Waals surface area contributed by atoms with Crippen LogP contribution in [-0.2, 0) is 24.3 Å². The predicted octanol–water partition coefficient (Wildman–Crippen LogP) is 3.75. The van der Waals surface area contributed by atoms with Crippen molar-refractivity contribution in [3.63, 3.8) is 0 Å². The van der Waals surface area contributed by atoms with E-state index >= 15 is 0 Å². The molecule has 2 aromatic carbocycles. The number of benzene rings is 2. The lowest BCUT2D eigenvalue weighted by Gasteiger charge is -2.17. The number of carbonyl (C=O) groups excluding carboxylic acids is 1. The molecule has 4 heterocycles. The first-order chi connectivity index (χ1) is 15.2. The van der Waals surface area contributed by atoms with Crippen molar-refractivity contribution in [2.75, 3.05) is 11.9 Å². The van der Waals surface area contributed by atoms with Gasteiger partial charge >= 0.3 is 5.97 Å². The lowest BCUT2D eigenvalue weighted by Crippen LogP contribution is -2.13. The summed E-state index contributed by atoms with van der Waals surface area (Å²) >= 11 is 0. The van der Waals surface area contributed by atoms with Gasteiger partial charge in [-0.15, -0.1) is 0 Å². The number of rotatable bonds is 3. The van der Waals surface area contributed by atoms with Crippen LogP contribution in [0.2, 0.25) is 0 Å². The number of aromatic nitrogens is 3. The fourth-order valence-electron chi connectivity index (χ4n) is 4.29. The highest BCUT2D eigenvalue weighted by atomic mass is 19.1. The highest BCUT2D eigenvalue weighted by Gasteiger charge is 2.25. The average Bonchev–Trinajstić information content (AvgIpc) is 3.44. The first-order valence-corrected chi connectivity index (χ1v) is 9.99. The fourth-order valence-corrected chi connectivity index (χ4v) is 4.29. The molecule has 0 bridgehead atoms. The van der Waals surface area contributed by atoms with E-state index in [-0.39, 0.29) is 24.7 Å². The van der Waals surface area contributed by atoms with Crippen molar-refractivity contribution >= 4 is 17.4 Å². The van der Waals surface area contributed by atoms with Gasteiger partial charge in [-0.1, -0.05) is 24.3 Å². The molecule has 1 N–H and O–H groups in total. The van der Waals surface area contributed by atoms with Gasteiger partial charge in [-0.2, -0.15) is 0 Å². The van der Waals surface area contributed by atoms with E-state index in [2.05, 4.69) is 15.3 Å². The molecule has 2 aromatic heterocycles. The summed E-state index contributed by atoms with van der Waals surface area (Å²) in [6.07, 6.45) is 3.92. The highest BCUT2D eigenvalue weighted by molar-refractivity contribution is 6.01. The molecule has 0 aliphatic carbocycles. The molecule has 0 saturated heterocycles. The zero-order valence-corrected chi connectivity index (χ0v) is 16.4. The standard InChI is InChI=1S/C23H17FN4O3/c24-18-5-6-19-15(7-8-30-19)16(18)9-25-23-26-10-17-14-4-2-1-3-13(14)11-31-22(29)20-21(17)28(23)12-27-20/h1-6,10,12H,7-9,11H2,(H,25,26). The smallest absolute Gasteiger partial charge is 0.359 e. The SMILES string of the molecule is O=C1OCc2ccccc2-c2cnc(NCc3c(F)ccc4c3CCO4)n3cnc1c23. The summed E-state index contributed by atoms with van der Waals surface area (Å²) in [5.41, 5.74) is 4.90. The van der Waals surface area contributed by atoms with Gasteiger partial charge in [0.15, 0.2) is 5.69 Å². The molecule has 0 saturated carbocycles. The number of hydrogen-bond acceptors (Lipinski definition) is 6. The molecule has 7 nitrogen and oxygen atoms in total. The zero-order chi connectivity index (χ0) is 20.9. The second-order valence-corrected chi connectivity index (χ2v) is 7.50. The number of cyclic esters (lactones) is 1. The minimum atomic E-state index is -0.487.